The molecule has 0 fully saturated rings. The van der Waals surface area contributed by atoms with Crippen molar-refractivity contribution in [3.8, 4) is 0 Å². The van der Waals surface area contributed by atoms with Crippen molar-refractivity contribution < 1.29 is 5.11 Å². The number of aromatic nitrogens is 2. The first-order valence-electron chi connectivity index (χ1n) is 6.15. The molecule has 2 aromatic rings. The van der Waals surface area contributed by atoms with E-state index in [1.165, 1.54) is 16.8 Å². The van der Waals surface area contributed by atoms with Crippen molar-refractivity contribution in [2.75, 3.05) is 11.4 Å². The molecular formula is C13H14ClN3OS. The summed E-state index contributed by atoms with van der Waals surface area (Å²) in [7, 11) is 0. The standard InChI is InChI=1S/C13H14ClN3OS/c1-8-9-3-5-19-11(9)2-4-17(8)13-10(6-18)12(14)15-7-16-13/h3,5,7-8,18H,2,4,6H2,1H3. The molecule has 100 valence electrons. The summed E-state index contributed by atoms with van der Waals surface area (Å²) in [4.78, 5) is 11.9. The molecule has 1 aliphatic rings. The fourth-order valence-electron chi connectivity index (χ4n) is 2.56. The number of nitrogens with zero attached hydrogens (tertiary/aromatic N) is 3. The smallest absolute Gasteiger partial charge is 0.140 e. The minimum absolute atomic E-state index is 0.144. The molecule has 2 aromatic heterocycles. The highest BCUT2D eigenvalue weighted by Crippen LogP contribution is 2.37. The second-order valence-corrected chi connectivity index (χ2v) is 5.90. The van der Waals surface area contributed by atoms with Gasteiger partial charge in [-0.1, -0.05) is 11.6 Å². The van der Waals surface area contributed by atoms with E-state index >= 15 is 0 Å². The molecule has 1 unspecified atom stereocenters. The van der Waals surface area contributed by atoms with Crippen LogP contribution in [-0.2, 0) is 13.0 Å². The van der Waals surface area contributed by atoms with Gasteiger partial charge in [-0.25, -0.2) is 9.97 Å². The van der Waals surface area contributed by atoms with Crippen molar-refractivity contribution in [3.63, 3.8) is 0 Å². The Morgan fingerprint density at radius 2 is 2.37 bits per heavy atom. The van der Waals surface area contributed by atoms with Gasteiger partial charge in [0.1, 0.15) is 17.3 Å². The summed E-state index contributed by atoms with van der Waals surface area (Å²) >= 11 is 7.84. The molecule has 1 aliphatic heterocycles. The van der Waals surface area contributed by atoms with Crippen LogP contribution in [-0.4, -0.2) is 21.6 Å². The lowest BCUT2D eigenvalue weighted by atomic mass is 10.0. The molecule has 4 nitrogen and oxygen atoms in total. The van der Waals surface area contributed by atoms with Gasteiger partial charge in [-0.15, -0.1) is 11.3 Å². The molecule has 0 spiro atoms. The molecule has 19 heavy (non-hydrogen) atoms. The van der Waals surface area contributed by atoms with Crippen molar-refractivity contribution in [1.82, 2.24) is 9.97 Å². The van der Waals surface area contributed by atoms with E-state index in [4.69, 9.17) is 11.6 Å². The molecule has 0 saturated heterocycles. The highest BCUT2D eigenvalue weighted by molar-refractivity contribution is 7.10. The van der Waals surface area contributed by atoms with Crippen LogP contribution in [0.3, 0.4) is 0 Å². The third-order valence-electron chi connectivity index (χ3n) is 3.58. The summed E-state index contributed by atoms with van der Waals surface area (Å²) < 4.78 is 0. The molecule has 6 heteroatoms. The highest BCUT2D eigenvalue weighted by atomic mass is 35.5. The number of halogens is 1. The van der Waals surface area contributed by atoms with Gasteiger partial charge in [-0.3, -0.25) is 0 Å². The lowest BCUT2D eigenvalue weighted by Crippen LogP contribution is -2.34. The van der Waals surface area contributed by atoms with E-state index < -0.39 is 0 Å². The van der Waals surface area contributed by atoms with Crippen LogP contribution >= 0.6 is 22.9 Å². The fourth-order valence-corrected chi connectivity index (χ4v) is 3.72. The summed E-state index contributed by atoms with van der Waals surface area (Å²) in [5.74, 6) is 0.742. The summed E-state index contributed by atoms with van der Waals surface area (Å²) in [6, 6.07) is 2.41. The van der Waals surface area contributed by atoms with Gasteiger partial charge in [0.15, 0.2) is 0 Å². The fraction of sp³-hybridized carbons (Fsp3) is 0.385. The first kappa shape index (κ1) is 12.8. The number of rotatable bonds is 2. The number of thiophene rings is 1. The Kier molecular flexibility index (Phi) is 3.43. The molecule has 0 bridgehead atoms. The maximum atomic E-state index is 9.48. The van der Waals surface area contributed by atoms with Crippen LogP contribution in [0.15, 0.2) is 17.8 Å². The monoisotopic (exact) mass is 295 g/mol. The molecule has 1 N–H and O–H groups in total. The van der Waals surface area contributed by atoms with Gasteiger partial charge in [0.25, 0.3) is 0 Å². The van der Waals surface area contributed by atoms with Crippen molar-refractivity contribution in [1.29, 1.82) is 0 Å². The van der Waals surface area contributed by atoms with Crippen LogP contribution in [0.25, 0.3) is 0 Å². The molecule has 3 rings (SSSR count). The average Bonchev–Trinajstić information content (AvgIpc) is 2.88. The largest absolute Gasteiger partial charge is 0.391 e. The van der Waals surface area contributed by atoms with Crippen LogP contribution in [0.2, 0.25) is 5.15 Å². The number of hydrogen-bond acceptors (Lipinski definition) is 5. The minimum atomic E-state index is -0.144. The van der Waals surface area contributed by atoms with Crippen molar-refractivity contribution in [2.45, 2.75) is 26.0 Å². The van der Waals surface area contributed by atoms with Crippen molar-refractivity contribution >= 4 is 28.8 Å². The predicted molar refractivity (Wildman–Crippen MR) is 76.7 cm³/mol. The van der Waals surface area contributed by atoms with E-state index in [9.17, 15) is 5.11 Å². The van der Waals surface area contributed by atoms with Gasteiger partial charge in [-0.05, 0) is 30.4 Å². The van der Waals surface area contributed by atoms with Gasteiger partial charge in [0.2, 0.25) is 0 Å². The van der Waals surface area contributed by atoms with Gasteiger partial charge in [0.05, 0.1) is 18.2 Å². The number of aliphatic hydroxyl groups excluding tert-OH is 1. The Labute approximate surface area is 120 Å². The number of anilines is 1. The molecule has 0 aromatic carbocycles. The van der Waals surface area contributed by atoms with E-state index in [1.54, 1.807) is 11.3 Å². The van der Waals surface area contributed by atoms with E-state index in [2.05, 4.69) is 33.2 Å². The average molecular weight is 296 g/mol. The van der Waals surface area contributed by atoms with Crippen LogP contribution in [0.4, 0.5) is 5.82 Å². The van der Waals surface area contributed by atoms with E-state index in [-0.39, 0.29) is 12.6 Å². The zero-order valence-corrected chi connectivity index (χ0v) is 12.1. The number of hydrogen-bond donors (Lipinski definition) is 1. The molecule has 3 heterocycles. The zero-order chi connectivity index (χ0) is 13.4. The summed E-state index contributed by atoms with van der Waals surface area (Å²) in [5, 5.41) is 11.9. The Hall–Kier alpha value is -1.17. The Morgan fingerprint density at radius 1 is 1.53 bits per heavy atom. The first-order valence-corrected chi connectivity index (χ1v) is 7.41. The molecular weight excluding hydrogens is 282 g/mol. The van der Waals surface area contributed by atoms with Gasteiger partial charge < -0.3 is 10.0 Å². The van der Waals surface area contributed by atoms with Crippen LogP contribution < -0.4 is 4.90 Å². The number of aliphatic hydroxyl groups is 1. The first-order chi connectivity index (χ1) is 9.22. The van der Waals surface area contributed by atoms with Crippen LogP contribution in [0.1, 0.15) is 29.0 Å². The third-order valence-corrected chi connectivity index (χ3v) is 4.90. The van der Waals surface area contributed by atoms with Crippen molar-refractivity contribution in [2.24, 2.45) is 0 Å². The van der Waals surface area contributed by atoms with E-state index in [0.717, 1.165) is 18.8 Å². The lowest BCUT2D eigenvalue weighted by molar-refractivity contribution is 0.281. The molecule has 0 saturated carbocycles. The van der Waals surface area contributed by atoms with E-state index in [0.29, 0.717) is 10.7 Å². The second kappa shape index (κ2) is 5.07. The maximum Gasteiger partial charge on any atom is 0.140 e. The zero-order valence-electron chi connectivity index (χ0n) is 10.5. The molecule has 0 amide bonds. The van der Waals surface area contributed by atoms with Crippen LogP contribution in [0, 0.1) is 0 Å². The van der Waals surface area contributed by atoms with Gasteiger partial charge in [0, 0.05) is 11.4 Å². The van der Waals surface area contributed by atoms with E-state index in [1.807, 2.05) is 0 Å². The Balaban J connectivity index is 2.02. The normalized spacial score (nSPS) is 18.5. The van der Waals surface area contributed by atoms with Crippen molar-refractivity contribution in [3.05, 3.63) is 38.9 Å². The quantitative estimate of drug-likeness (QED) is 0.866. The SMILES string of the molecule is CC1c2ccsc2CCN1c1ncnc(Cl)c1CO. The van der Waals surface area contributed by atoms with Gasteiger partial charge >= 0.3 is 0 Å². The summed E-state index contributed by atoms with van der Waals surface area (Å²) in [6.45, 7) is 2.89. The maximum absolute atomic E-state index is 9.48. The summed E-state index contributed by atoms with van der Waals surface area (Å²) in [6.07, 6.45) is 2.45. The second-order valence-electron chi connectivity index (χ2n) is 4.54. The third kappa shape index (κ3) is 2.12. The Morgan fingerprint density at radius 3 is 3.16 bits per heavy atom. The highest BCUT2D eigenvalue weighted by Gasteiger charge is 2.27. The Bertz CT molecular complexity index is 601. The van der Waals surface area contributed by atoms with Gasteiger partial charge in [-0.2, -0.15) is 0 Å². The lowest BCUT2D eigenvalue weighted by Gasteiger charge is -2.35. The number of fused-ring (bicyclic) bond motifs is 1. The predicted octanol–water partition coefficient (Wildman–Crippen LogP) is 2.81. The topological polar surface area (TPSA) is 49.2 Å². The minimum Gasteiger partial charge on any atom is -0.391 e. The molecule has 0 aliphatic carbocycles. The van der Waals surface area contributed by atoms with Crippen LogP contribution in [0.5, 0.6) is 0 Å². The molecule has 1 atom stereocenters. The molecule has 0 radical (unpaired) electrons. The summed E-state index contributed by atoms with van der Waals surface area (Å²) in [5.41, 5.74) is 1.95.